The molecule has 0 radical (unpaired) electrons. The molecule has 0 aliphatic heterocycles. The van der Waals surface area contributed by atoms with Gasteiger partial charge in [-0.05, 0) is 12.5 Å². The van der Waals surface area contributed by atoms with Crippen LogP contribution in [-0.2, 0) is 13.0 Å². The van der Waals surface area contributed by atoms with Crippen molar-refractivity contribution in [2.45, 2.75) is 32.7 Å². The predicted molar refractivity (Wildman–Crippen MR) is 112 cm³/mol. The summed E-state index contributed by atoms with van der Waals surface area (Å²) in [7, 11) is 0. The number of pyridine rings is 1. The Balaban J connectivity index is 1.68. The number of unbranched alkanes of at least 4 members (excludes halogenated alkanes) is 1. The largest absolute Gasteiger partial charge is 0.382 e. The van der Waals surface area contributed by atoms with E-state index >= 15 is 0 Å². The van der Waals surface area contributed by atoms with Crippen LogP contribution in [0.4, 0.5) is 5.82 Å². The molecular formula is C21H23N7O. The monoisotopic (exact) mass is 389 g/mol. The second-order valence-corrected chi connectivity index (χ2v) is 6.84. The second kappa shape index (κ2) is 8.22. The van der Waals surface area contributed by atoms with Gasteiger partial charge in [0.2, 0.25) is 0 Å². The number of hydrogen-bond acceptors (Lipinski definition) is 6. The molecule has 0 bridgehead atoms. The van der Waals surface area contributed by atoms with Crippen molar-refractivity contribution in [2.75, 3.05) is 12.3 Å². The van der Waals surface area contributed by atoms with Crippen molar-refractivity contribution in [3.05, 3.63) is 54.4 Å². The Bertz CT molecular complexity index is 1150. The van der Waals surface area contributed by atoms with E-state index in [2.05, 4.69) is 31.8 Å². The van der Waals surface area contributed by atoms with Crippen LogP contribution in [0.15, 0.2) is 42.9 Å². The van der Waals surface area contributed by atoms with Gasteiger partial charge in [-0.1, -0.05) is 31.5 Å². The highest BCUT2D eigenvalue weighted by atomic mass is 16.1. The molecular weight excluding hydrogens is 366 g/mol. The molecule has 0 aliphatic rings. The maximum absolute atomic E-state index is 12.3. The number of para-hydroxylation sites is 1. The third-order valence-corrected chi connectivity index (χ3v) is 4.86. The number of nitrogens with zero attached hydrogens (tertiary/aromatic N) is 5. The van der Waals surface area contributed by atoms with Crippen LogP contribution in [0.1, 0.15) is 36.1 Å². The third-order valence-electron chi connectivity index (χ3n) is 4.86. The highest BCUT2D eigenvalue weighted by Crippen LogP contribution is 2.29. The Morgan fingerprint density at radius 1 is 1.21 bits per heavy atom. The van der Waals surface area contributed by atoms with Gasteiger partial charge in [0, 0.05) is 37.3 Å². The molecule has 8 heteroatoms. The normalized spacial score (nSPS) is 11.2. The molecule has 0 spiro atoms. The lowest BCUT2D eigenvalue weighted by Gasteiger charge is -2.11. The van der Waals surface area contributed by atoms with Gasteiger partial charge in [0.25, 0.3) is 5.91 Å². The Morgan fingerprint density at radius 2 is 2.07 bits per heavy atom. The molecule has 0 unspecified atom stereocenters. The van der Waals surface area contributed by atoms with Gasteiger partial charge in [-0.15, -0.1) is 0 Å². The van der Waals surface area contributed by atoms with Gasteiger partial charge in [0.15, 0.2) is 5.82 Å². The molecule has 8 nitrogen and oxygen atoms in total. The topological polar surface area (TPSA) is 112 Å². The number of rotatable bonds is 7. The zero-order valence-corrected chi connectivity index (χ0v) is 16.3. The molecule has 3 heterocycles. The number of aromatic nitrogens is 5. The van der Waals surface area contributed by atoms with Gasteiger partial charge in [-0.2, -0.15) is 0 Å². The summed E-state index contributed by atoms with van der Waals surface area (Å²) in [5.74, 6) is 1.14. The molecule has 0 fully saturated rings. The summed E-state index contributed by atoms with van der Waals surface area (Å²) >= 11 is 0. The number of nitrogen functional groups attached to an aromatic ring is 1. The number of anilines is 1. The van der Waals surface area contributed by atoms with Crippen molar-refractivity contribution in [1.82, 2.24) is 29.8 Å². The van der Waals surface area contributed by atoms with E-state index in [1.165, 1.54) is 18.6 Å². The summed E-state index contributed by atoms with van der Waals surface area (Å²) in [6.07, 6.45) is 7.44. The molecule has 0 saturated heterocycles. The molecule has 4 aromatic rings. The van der Waals surface area contributed by atoms with Crippen molar-refractivity contribution in [3.8, 4) is 0 Å². The van der Waals surface area contributed by atoms with Gasteiger partial charge >= 0.3 is 0 Å². The summed E-state index contributed by atoms with van der Waals surface area (Å²) in [4.78, 5) is 29.6. The Kier molecular flexibility index (Phi) is 5.33. The van der Waals surface area contributed by atoms with E-state index in [4.69, 9.17) is 10.7 Å². The predicted octanol–water partition coefficient (Wildman–Crippen LogP) is 2.73. The zero-order chi connectivity index (χ0) is 20.2. The minimum atomic E-state index is -0.247. The summed E-state index contributed by atoms with van der Waals surface area (Å²) in [5, 5.41) is 3.92. The van der Waals surface area contributed by atoms with Crippen molar-refractivity contribution in [3.63, 3.8) is 0 Å². The maximum atomic E-state index is 12.3. The molecule has 0 saturated carbocycles. The van der Waals surface area contributed by atoms with E-state index < -0.39 is 0 Å². The van der Waals surface area contributed by atoms with E-state index in [-0.39, 0.29) is 5.91 Å². The van der Waals surface area contributed by atoms with E-state index in [1.807, 2.05) is 24.3 Å². The lowest BCUT2D eigenvalue weighted by molar-refractivity contribution is 0.0947. The number of aryl methyl sites for hydroxylation is 1. The van der Waals surface area contributed by atoms with Gasteiger partial charge in [0.05, 0.1) is 17.2 Å². The number of benzene rings is 1. The lowest BCUT2D eigenvalue weighted by atomic mass is 10.2. The minimum absolute atomic E-state index is 0.247. The van der Waals surface area contributed by atoms with E-state index in [9.17, 15) is 4.79 Å². The number of carbonyl (C=O) groups excluding carboxylic acids is 1. The first kappa shape index (κ1) is 18.8. The van der Waals surface area contributed by atoms with Gasteiger partial charge in [0.1, 0.15) is 17.0 Å². The van der Waals surface area contributed by atoms with Crippen molar-refractivity contribution in [2.24, 2.45) is 0 Å². The van der Waals surface area contributed by atoms with E-state index in [0.717, 1.165) is 47.0 Å². The van der Waals surface area contributed by atoms with Crippen LogP contribution in [0.2, 0.25) is 0 Å². The summed E-state index contributed by atoms with van der Waals surface area (Å²) in [6.45, 7) is 3.17. The van der Waals surface area contributed by atoms with Crippen LogP contribution >= 0.6 is 0 Å². The van der Waals surface area contributed by atoms with Crippen LogP contribution in [0.5, 0.6) is 0 Å². The van der Waals surface area contributed by atoms with Crippen molar-refractivity contribution < 1.29 is 4.79 Å². The molecule has 0 aliphatic carbocycles. The maximum Gasteiger partial charge on any atom is 0.271 e. The zero-order valence-electron chi connectivity index (χ0n) is 16.3. The first-order valence-corrected chi connectivity index (χ1v) is 9.76. The van der Waals surface area contributed by atoms with E-state index in [0.29, 0.717) is 24.6 Å². The average Bonchev–Trinajstić information content (AvgIpc) is 3.12. The number of fused-ring (bicyclic) bond motifs is 3. The Hall–Kier alpha value is -3.55. The molecule has 0 atom stereocenters. The fraction of sp³-hybridized carbons (Fsp3) is 0.286. The average molecular weight is 389 g/mol. The molecule has 4 rings (SSSR count). The number of imidazole rings is 1. The van der Waals surface area contributed by atoms with Crippen molar-refractivity contribution in [1.29, 1.82) is 0 Å². The van der Waals surface area contributed by atoms with Gasteiger partial charge < -0.3 is 15.6 Å². The van der Waals surface area contributed by atoms with E-state index in [1.54, 1.807) is 0 Å². The second-order valence-electron chi connectivity index (χ2n) is 6.84. The number of nitrogens with one attached hydrogen (secondary N) is 1. The number of amides is 1. The molecule has 3 aromatic heterocycles. The summed E-state index contributed by atoms with van der Waals surface area (Å²) < 4.78 is 2.16. The SMILES string of the molecule is CCCCc1nc2c(N)nc3ccccc3c2n1CCNC(=O)c1cnccn1. The van der Waals surface area contributed by atoms with Gasteiger partial charge in [-0.25, -0.2) is 15.0 Å². The highest BCUT2D eigenvalue weighted by molar-refractivity contribution is 6.06. The molecule has 1 aromatic carbocycles. The minimum Gasteiger partial charge on any atom is -0.382 e. The fourth-order valence-corrected chi connectivity index (χ4v) is 3.46. The standard InChI is InChI=1S/C21H23N7O/c1-2-3-8-17-27-18-19(14-6-4-5-7-15(14)26-20(18)22)28(17)12-11-25-21(29)16-13-23-9-10-24-16/h4-7,9-10,13H,2-3,8,11-12H2,1H3,(H2,22,26)(H,25,29). The van der Waals surface area contributed by atoms with Crippen LogP contribution < -0.4 is 11.1 Å². The first-order chi connectivity index (χ1) is 14.2. The fourth-order valence-electron chi connectivity index (χ4n) is 3.46. The molecule has 29 heavy (non-hydrogen) atoms. The molecule has 148 valence electrons. The van der Waals surface area contributed by atoms with Crippen LogP contribution in [-0.4, -0.2) is 37.0 Å². The molecule has 1 amide bonds. The highest BCUT2D eigenvalue weighted by Gasteiger charge is 2.17. The Labute approximate surface area is 168 Å². The summed E-state index contributed by atoms with van der Waals surface area (Å²) in [6, 6.07) is 7.91. The lowest BCUT2D eigenvalue weighted by Crippen LogP contribution is -2.28. The van der Waals surface area contributed by atoms with Crippen LogP contribution in [0.3, 0.4) is 0 Å². The third kappa shape index (κ3) is 3.73. The summed E-state index contributed by atoms with van der Waals surface area (Å²) in [5.41, 5.74) is 9.03. The Morgan fingerprint density at radius 3 is 2.86 bits per heavy atom. The molecule has 3 N–H and O–H groups in total. The quantitative estimate of drug-likeness (QED) is 0.503. The smallest absolute Gasteiger partial charge is 0.271 e. The number of hydrogen-bond donors (Lipinski definition) is 2. The number of nitrogens with two attached hydrogens (primary N) is 1. The first-order valence-electron chi connectivity index (χ1n) is 9.76. The van der Waals surface area contributed by atoms with Gasteiger partial charge in [-0.3, -0.25) is 9.78 Å². The van der Waals surface area contributed by atoms with Crippen LogP contribution in [0.25, 0.3) is 21.9 Å². The number of carbonyl (C=O) groups is 1. The van der Waals surface area contributed by atoms with Crippen molar-refractivity contribution >= 4 is 33.7 Å². The van der Waals surface area contributed by atoms with Crippen LogP contribution in [0, 0.1) is 0 Å².